The molecule has 1 aliphatic carbocycles. The summed E-state index contributed by atoms with van der Waals surface area (Å²) in [6.07, 6.45) is 3.35. The first-order valence-electron chi connectivity index (χ1n) is 6.27. The van der Waals surface area contributed by atoms with E-state index in [9.17, 15) is 8.42 Å². The standard InChI is InChI=1S/C13H20N2O2S/c1-9-4-3-5-12(14)13(9)18(16,17)15-10(2)8-11-6-7-11/h3-5,10-11,15H,6-8,14H2,1-2H3. The van der Waals surface area contributed by atoms with E-state index in [0.717, 1.165) is 6.42 Å². The van der Waals surface area contributed by atoms with Crippen LogP contribution in [-0.2, 0) is 10.0 Å². The van der Waals surface area contributed by atoms with E-state index in [-0.39, 0.29) is 10.9 Å². The van der Waals surface area contributed by atoms with Crippen LogP contribution in [0, 0.1) is 12.8 Å². The number of rotatable bonds is 5. The monoisotopic (exact) mass is 268 g/mol. The number of nitrogen functional groups attached to an aromatic ring is 1. The first-order chi connectivity index (χ1) is 8.40. The predicted molar refractivity (Wildman–Crippen MR) is 72.7 cm³/mol. The molecule has 3 N–H and O–H groups in total. The number of nitrogens with one attached hydrogen (secondary N) is 1. The lowest BCUT2D eigenvalue weighted by Crippen LogP contribution is -2.33. The molecule has 18 heavy (non-hydrogen) atoms. The van der Waals surface area contributed by atoms with Gasteiger partial charge in [0.2, 0.25) is 10.0 Å². The van der Waals surface area contributed by atoms with Crippen molar-refractivity contribution in [3.8, 4) is 0 Å². The molecule has 1 saturated carbocycles. The van der Waals surface area contributed by atoms with Gasteiger partial charge in [-0.2, -0.15) is 0 Å². The highest BCUT2D eigenvalue weighted by molar-refractivity contribution is 7.89. The van der Waals surface area contributed by atoms with Gasteiger partial charge in [0.05, 0.1) is 5.69 Å². The number of hydrogen-bond acceptors (Lipinski definition) is 3. The van der Waals surface area contributed by atoms with Crippen LogP contribution in [-0.4, -0.2) is 14.5 Å². The Balaban J connectivity index is 2.19. The molecule has 0 radical (unpaired) electrons. The minimum atomic E-state index is -3.51. The average Bonchev–Trinajstić information content (AvgIpc) is 2.99. The number of anilines is 1. The largest absolute Gasteiger partial charge is 0.398 e. The van der Waals surface area contributed by atoms with E-state index in [4.69, 9.17) is 5.73 Å². The molecule has 0 aromatic heterocycles. The Kier molecular flexibility index (Phi) is 3.64. The molecule has 1 fully saturated rings. The zero-order valence-electron chi connectivity index (χ0n) is 10.8. The molecule has 0 spiro atoms. The maximum absolute atomic E-state index is 12.3. The van der Waals surface area contributed by atoms with Crippen LogP contribution in [0.5, 0.6) is 0 Å². The summed E-state index contributed by atoms with van der Waals surface area (Å²) in [6, 6.07) is 5.10. The van der Waals surface area contributed by atoms with Gasteiger partial charge in [-0.1, -0.05) is 25.0 Å². The van der Waals surface area contributed by atoms with Crippen molar-refractivity contribution in [1.82, 2.24) is 4.72 Å². The van der Waals surface area contributed by atoms with Crippen LogP contribution in [0.15, 0.2) is 23.1 Å². The normalized spacial score (nSPS) is 17.7. The third-order valence-corrected chi connectivity index (χ3v) is 5.06. The van der Waals surface area contributed by atoms with Crippen molar-refractivity contribution in [2.75, 3.05) is 5.73 Å². The van der Waals surface area contributed by atoms with E-state index in [1.54, 1.807) is 25.1 Å². The van der Waals surface area contributed by atoms with Gasteiger partial charge in [-0.15, -0.1) is 0 Å². The number of benzene rings is 1. The first-order valence-corrected chi connectivity index (χ1v) is 7.76. The van der Waals surface area contributed by atoms with Crippen LogP contribution in [0.4, 0.5) is 5.69 Å². The van der Waals surface area contributed by atoms with Gasteiger partial charge in [-0.3, -0.25) is 0 Å². The van der Waals surface area contributed by atoms with E-state index in [1.165, 1.54) is 12.8 Å². The van der Waals surface area contributed by atoms with Gasteiger partial charge < -0.3 is 5.73 Å². The third kappa shape index (κ3) is 3.03. The fourth-order valence-electron chi connectivity index (χ4n) is 2.27. The molecule has 0 saturated heterocycles. The number of aryl methyl sites for hydroxylation is 1. The molecule has 0 aliphatic heterocycles. The summed E-state index contributed by atoms with van der Waals surface area (Å²) < 4.78 is 27.3. The lowest BCUT2D eigenvalue weighted by molar-refractivity contribution is 0.530. The Morgan fingerprint density at radius 2 is 2.11 bits per heavy atom. The van der Waals surface area contributed by atoms with Crippen molar-refractivity contribution < 1.29 is 8.42 Å². The Morgan fingerprint density at radius 1 is 1.44 bits per heavy atom. The van der Waals surface area contributed by atoms with Gasteiger partial charge in [-0.25, -0.2) is 13.1 Å². The second kappa shape index (κ2) is 4.90. The lowest BCUT2D eigenvalue weighted by atomic mass is 10.2. The Labute approximate surface area is 109 Å². The molecule has 5 heteroatoms. The molecule has 4 nitrogen and oxygen atoms in total. The van der Waals surface area contributed by atoms with E-state index in [0.29, 0.717) is 17.2 Å². The first kappa shape index (κ1) is 13.4. The van der Waals surface area contributed by atoms with Crippen LogP contribution in [0.3, 0.4) is 0 Å². The van der Waals surface area contributed by atoms with Crippen molar-refractivity contribution in [2.45, 2.75) is 44.0 Å². The summed E-state index contributed by atoms with van der Waals surface area (Å²) in [5.41, 5.74) is 6.77. The van der Waals surface area contributed by atoms with Crippen LogP contribution >= 0.6 is 0 Å². The van der Waals surface area contributed by atoms with Crippen LogP contribution in [0.25, 0.3) is 0 Å². The maximum Gasteiger partial charge on any atom is 0.243 e. The smallest absolute Gasteiger partial charge is 0.243 e. The molecule has 1 atom stereocenters. The topological polar surface area (TPSA) is 72.2 Å². The van der Waals surface area contributed by atoms with Crippen LogP contribution in [0.1, 0.15) is 31.7 Å². The second-order valence-corrected chi connectivity index (χ2v) is 6.85. The molecule has 0 bridgehead atoms. The average molecular weight is 268 g/mol. The van der Waals surface area contributed by atoms with Gasteiger partial charge in [0, 0.05) is 6.04 Å². The van der Waals surface area contributed by atoms with Crippen molar-refractivity contribution in [3.05, 3.63) is 23.8 Å². The molecular weight excluding hydrogens is 248 g/mol. The third-order valence-electron chi connectivity index (χ3n) is 3.25. The van der Waals surface area contributed by atoms with Gasteiger partial charge >= 0.3 is 0 Å². The molecule has 1 aromatic rings. The van der Waals surface area contributed by atoms with Crippen LogP contribution < -0.4 is 10.5 Å². The van der Waals surface area contributed by atoms with Gasteiger partial charge in [-0.05, 0) is 37.8 Å². The highest BCUT2D eigenvalue weighted by Gasteiger charge is 2.27. The summed E-state index contributed by atoms with van der Waals surface area (Å²) in [7, 11) is -3.51. The lowest BCUT2D eigenvalue weighted by Gasteiger charge is -2.16. The van der Waals surface area contributed by atoms with Gasteiger partial charge in [0.15, 0.2) is 0 Å². The molecule has 1 unspecified atom stereocenters. The summed E-state index contributed by atoms with van der Waals surface area (Å²) in [4.78, 5) is 0.215. The number of hydrogen-bond donors (Lipinski definition) is 2. The summed E-state index contributed by atoms with van der Waals surface area (Å²) >= 11 is 0. The Hall–Kier alpha value is -1.07. The molecule has 1 aromatic carbocycles. The Bertz CT molecular complexity index is 516. The molecule has 0 amide bonds. The van der Waals surface area contributed by atoms with Crippen molar-refractivity contribution in [1.29, 1.82) is 0 Å². The van der Waals surface area contributed by atoms with Gasteiger partial charge in [0.1, 0.15) is 4.90 Å². The highest BCUT2D eigenvalue weighted by Crippen LogP contribution is 2.34. The maximum atomic E-state index is 12.3. The predicted octanol–water partition coefficient (Wildman–Crippen LogP) is 2.04. The van der Waals surface area contributed by atoms with Crippen LogP contribution in [0.2, 0.25) is 0 Å². The Morgan fingerprint density at radius 3 is 2.67 bits per heavy atom. The molecule has 2 rings (SSSR count). The molecule has 100 valence electrons. The fourth-order valence-corrected chi connectivity index (χ4v) is 3.88. The van der Waals surface area contributed by atoms with E-state index in [1.807, 2.05) is 6.92 Å². The zero-order valence-corrected chi connectivity index (χ0v) is 11.6. The van der Waals surface area contributed by atoms with E-state index >= 15 is 0 Å². The molecule has 1 aliphatic rings. The fraction of sp³-hybridized carbons (Fsp3) is 0.538. The van der Waals surface area contributed by atoms with Crippen molar-refractivity contribution >= 4 is 15.7 Å². The molecular formula is C13H20N2O2S. The highest BCUT2D eigenvalue weighted by atomic mass is 32.2. The summed E-state index contributed by atoms with van der Waals surface area (Å²) in [5.74, 6) is 0.692. The van der Waals surface area contributed by atoms with Crippen molar-refractivity contribution in [2.24, 2.45) is 5.92 Å². The SMILES string of the molecule is Cc1cccc(N)c1S(=O)(=O)NC(C)CC1CC1. The summed E-state index contributed by atoms with van der Waals surface area (Å²) in [6.45, 7) is 3.67. The zero-order chi connectivity index (χ0) is 13.3. The van der Waals surface area contributed by atoms with E-state index < -0.39 is 10.0 Å². The molecule has 0 heterocycles. The minimum Gasteiger partial charge on any atom is -0.398 e. The second-order valence-electron chi connectivity index (χ2n) is 5.19. The van der Waals surface area contributed by atoms with Gasteiger partial charge in [0.25, 0.3) is 0 Å². The summed E-state index contributed by atoms with van der Waals surface area (Å²) in [5, 5.41) is 0. The number of nitrogens with two attached hydrogens (primary N) is 1. The number of sulfonamides is 1. The van der Waals surface area contributed by atoms with Crippen molar-refractivity contribution in [3.63, 3.8) is 0 Å². The minimum absolute atomic E-state index is 0.0403. The van der Waals surface area contributed by atoms with E-state index in [2.05, 4.69) is 4.72 Å². The quantitative estimate of drug-likeness (QED) is 0.803.